The minimum absolute atomic E-state index is 0.0997. The average molecular weight is 321 g/mol. The fraction of sp³-hybridized carbons (Fsp3) is 0.294. The predicted molar refractivity (Wildman–Crippen MR) is 90.4 cm³/mol. The molecule has 2 aromatic rings. The topological polar surface area (TPSA) is 29.3 Å². The molecule has 1 unspecified atom stereocenters. The van der Waals surface area contributed by atoms with E-state index in [4.69, 9.17) is 28.9 Å². The molecular formula is C17H18Cl2N2. The van der Waals surface area contributed by atoms with E-state index in [1.54, 1.807) is 6.07 Å². The smallest absolute Gasteiger partial charge is 0.0665 e. The Labute approximate surface area is 135 Å². The summed E-state index contributed by atoms with van der Waals surface area (Å²) in [6.07, 6.45) is 2.27. The fourth-order valence-corrected chi connectivity index (χ4v) is 3.64. The Morgan fingerprint density at radius 1 is 1.10 bits per heavy atom. The third-order valence-electron chi connectivity index (χ3n) is 4.02. The molecule has 21 heavy (non-hydrogen) atoms. The van der Waals surface area contributed by atoms with Gasteiger partial charge < -0.3 is 10.6 Å². The van der Waals surface area contributed by atoms with Crippen LogP contribution in [0.5, 0.6) is 0 Å². The van der Waals surface area contributed by atoms with Crippen LogP contribution in [0.15, 0.2) is 42.5 Å². The van der Waals surface area contributed by atoms with Crippen LogP contribution in [0.25, 0.3) is 0 Å². The molecule has 0 saturated heterocycles. The average Bonchev–Trinajstić information content (AvgIpc) is 2.47. The van der Waals surface area contributed by atoms with Crippen molar-refractivity contribution in [3.05, 3.63) is 63.6 Å². The minimum Gasteiger partial charge on any atom is -0.363 e. The van der Waals surface area contributed by atoms with Gasteiger partial charge in [0.15, 0.2) is 0 Å². The van der Waals surface area contributed by atoms with Crippen LogP contribution in [-0.2, 0) is 6.42 Å². The van der Waals surface area contributed by atoms with Crippen molar-refractivity contribution < 1.29 is 0 Å². The first-order chi connectivity index (χ1) is 10.2. The summed E-state index contributed by atoms with van der Waals surface area (Å²) < 4.78 is 0. The number of nitrogens with two attached hydrogens (primary N) is 1. The van der Waals surface area contributed by atoms with Crippen molar-refractivity contribution in [3.63, 3.8) is 0 Å². The van der Waals surface area contributed by atoms with E-state index in [-0.39, 0.29) is 6.04 Å². The van der Waals surface area contributed by atoms with Crippen molar-refractivity contribution in [2.75, 3.05) is 18.0 Å². The number of fused-ring (bicyclic) bond motifs is 1. The summed E-state index contributed by atoms with van der Waals surface area (Å²) in [6, 6.07) is 14.3. The van der Waals surface area contributed by atoms with E-state index in [2.05, 4.69) is 29.2 Å². The second kappa shape index (κ2) is 6.27. The molecule has 2 N–H and O–H groups in total. The van der Waals surface area contributed by atoms with Crippen LogP contribution >= 0.6 is 23.2 Å². The summed E-state index contributed by atoms with van der Waals surface area (Å²) in [5.74, 6) is 0. The lowest BCUT2D eigenvalue weighted by Gasteiger charge is -2.38. The molecule has 4 heteroatoms. The van der Waals surface area contributed by atoms with Gasteiger partial charge in [0.25, 0.3) is 0 Å². The molecule has 110 valence electrons. The zero-order chi connectivity index (χ0) is 14.8. The monoisotopic (exact) mass is 320 g/mol. The maximum absolute atomic E-state index is 6.15. The molecule has 0 aliphatic carbocycles. The van der Waals surface area contributed by atoms with E-state index in [0.717, 1.165) is 24.9 Å². The van der Waals surface area contributed by atoms with E-state index in [1.165, 1.54) is 11.3 Å². The normalized spacial score (nSPS) is 15.7. The number of hydrogen-bond donors (Lipinski definition) is 1. The van der Waals surface area contributed by atoms with Gasteiger partial charge in [-0.05, 0) is 48.2 Å². The summed E-state index contributed by atoms with van der Waals surface area (Å²) in [4.78, 5) is 2.38. The van der Waals surface area contributed by atoms with Gasteiger partial charge >= 0.3 is 0 Å². The molecule has 0 saturated carbocycles. The Kier molecular flexibility index (Phi) is 4.39. The number of halogens is 2. The molecular weight excluding hydrogens is 303 g/mol. The Bertz CT molecular complexity index is 622. The van der Waals surface area contributed by atoms with Gasteiger partial charge in [-0.2, -0.15) is 0 Å². The number of benzene rings is 2. The van der Waals surface area contributed by atoms with Crippen molar-refractivity contribution in [1.82, 2.24) is 0 Å². The van der Waals surface area contributed by atoms with Crippen LogP contribution in [0.1, 0.15) is 23.6 Å². The first-order valence-electron chi connectivity index (χ1n) is 7.19. The van der Waals surface area contributed by atoms with Crippen LogP contribution in [-0.4, -0.2) is 13.1 Å². The van der Waals surface area contributed by atoms with Crippen molar-refractivity contribution in [2.45, 2.75) is 18.9 Å². The second-order valence-electron chi connectivity index (χ2n) is 5.38. The summed E-state index contributed by atoms with van der Waals surface area (Å²) in [5.41, 5.74) is 9.80. The molecule has 1 aliphatic heterocycles. The number of para-hydroxylation sites is 1. The van der Waals surface area contributed by atoms with Gasteiger partial charge in [0, 0.05) is 28.8 Å². The molecule has 0 radical (unpaired) electrons. The van der Waals surface area contributed by atoms with Crippen molar-refractivity contribution >= 4 is 28.9 Å². The molecule has 0 fully saturated rings. The predicted octanol–water partition coefficient (Wildman–Crippen LogP) is 4.45. The van der Waals surface area contributed by atoms with Crippen LogP contribution < -0.4 is 10.6 Å². The molecule has 3 rings (SSSR count). The highest BCUT2D eigenvalue weighted by Crippen LogP contribution is 2.35. The molecule has 0 aromatic heterocycles. The van der Waals surface area contributed by atoms with E-state index in [9.17, 15) is 0 Å². The van der Waals surface area contributed by atoms with Gasteiger partial charge in [-0.1, -0.05) is 41.4 Å². The van der Waals surface area contributed by atoms with Gasteiger partial charge in [-0.3, -0.25) is 0 Å². The van der Waals surface area contributed by atoms with E-state index >= 15 is 0 Å². The van der Waals surface area contributed by atoms with Crippen molar-refractivity contribution in [1.29, 1.82) is 0 Å². The molecule has 1 atom stereocenters. The Morgan fingerprint density at radius 2 is 1.81 bits per heavy atom. The Morgan fingerprint density at radius 3 is 2.52 bits per heavy atom. The number of nitrogens with zero attached hydrogens (tertiary/aromatic N) is 1. The minimum atomic E-state index is 0.0997. The summed E-state index contributed by atoms with van der Waals surface area (Å²) in [5, 5.41) is 1.31. The highest BCUT2D eigenvalue weighted by molar-refractivity contribution is 6.34. The maximum Gasteiger partial charge on any atom is 0.0665 e. The first-order valence-corrected chi connectivity index (χ1v) is 7.95. The van der Waals surface area contributed by atoms with E-state index in [0.29, 0.717) is 16.6 Å². The molecule has 1 aliphatic rings. The molecule has 2 aromatic carbocycles. The lowest BCUT2D eigenvalue weighted by Crippen LogP contribution is -2.37. The van der Waals surface area contributed by atoms with Crippen LogP contribution in [0, 0.1) is 0 Å². The zero-order valence-corrected chi connectivity index (χ0v) is 13.2. The lowest BCUT2D eigenvalue weighted by atomic mass is 9.97. The second-order valence-corrected chi connectivity index (χ2v) is 6.25. The van der Waals surface area contributed by atoms with Crippen LogP contribution in [0.3, 0.4) is 0 Å². The maximum atomic E-state index is 6.15. The summed E-state index contributed by atoms with van der Waals surface area (Å²) >= 11 is 12.3. The van der Waals surface area contributed by atoms with Crippen molar-refractivity contribution in [3.8, 4) is 0 Å². The van der Waals surface area contributed by atoms with Gasteiger partial charge in [-0.25, -0.2) is 0 Å². The Hall–Kier alpha value is -1.22. The van der Waals surface area contributed by atoms with Gasteiger partial charge in [-0.15, -0.1) is 0 Å². The third kappa shape index (κ3) is 3.03. The lowest BCUT2D eigenvalue weighted by molar-refractivity contribution is 0.588. The fourth-order valence-electron chi connectivity index (χ4n) is 3.10. The van der Waals surface area contributed by atoms with Crippen molar-refractivity contribution in [2.24, 2.45) is 5.73 Å². The molecule has 0 spiro atoms. The molecule has 1 heterocycles. The highest BCUT2D eigenvalue weighted by atomic mass is 35.5. The van der Waals surface area contributed by atoms with Gasteiger partial charge in [0.1, 0.15) is 0 Å². The largest absolute Gasteiger partial charge is 0.363 e. The molecule has 0 amide bonds. The Balaban J connectivity index is 2.01. The number of aryl methyl sites for hydroxylation is 1. The third-order valence-corrected chi connectivity index (χ3v) is 4.45. The molecule has 0 bridgehead atoms. The number of anilines is 1. The van der Waals surface area contributed by atoms with Gasteiger partial charge in [0.2, 0.25) is 0 Å². The van der Waals surface area contributed by atoms with E-state index < -0.39 is 0 Å². The quantitative estimate of drug-likeness (QED) is 0.905. The van der Waals surface area contributed by atoms with Crippen LogP contribution in [0.4, 0.5) is 5.69 Å². The zero-order valence-electron chi connectivity index (χ0n) is 11.7. The first kappa shape index (κ1) is 14.7. The summed E-state index contributed by atoms with van der Waals surface area (Å²) in [6.45, 7) is 1.54. The molecule has 2 nitrogen and oxygen atoms in total. The SMILES string of the molecule is NCC(c1cc(Cl)cc(Cl)c1)N1CCCc2ccccc21. The highest BCUT2D eigenvalue weighted by Gasteiger charge is 2.24. The van der Waals surface area contributed by atoms with Gasteiger partial charge in [0.05, 0.1) is 6.04 Å². The number of rotatable bonds is 3. The number of hydrogen-bond acceptors (Lipinski definition) is 2. The standard InChI is InChI=1S/C17H18Cl2N2/c18-14-8-13(9-15(19)10-14)17(11-20)21-7-3-5-12-4-1-2-6-16(12)21/h1-2,4,6,8-10,17H,3,5,7,11,20H2. The summed E-state index contributed by atoms with van der Waals surface area (Å²) in [7, 11) is 0. The van der Waals surface area contributed by atoms with Crippen LogP contribution in [0.2, 0.25) is 10.0 Å². The van der Waals surface area contributed by atoms with E-state index in [1.807, 2.05) is 12.1 Å².